The van der Waals surface area contributed by atoms with Crippen LogP contribution < -0.4 is 21.1 Å². The van der Waals surface area contributed by atoms with E-state index in [-0.39, 0.29) is 42.6 Å². The largest absolute Gasteiger partial charge is 0.475 e. The number of hydrogen-bond acceptors (Lipinski definition) is 9. The molecule has 4 aliphatic rings. The van der Waals surface area contributed by atoms with Crippen molar-refractivity contribution in [1.82, 2.24) is 30.3 Å². The molecule has 0 bridgehead atoms. The zero-order chi connectivity index (χ0) is 31.1. The first-order valence-corrected chi connectivity index (χ1v) is 15.4. The Morgan fingerprint density at radius 2 is 2.14 bits per heavy atom. The highest BCUT2D eigenvalue weighted by Gasteiger charge is 2.67. The number of allylic oxidation sites excluding steroid dienone is 2. The summed E-state index contributed by atoms with van der Waals surface area (Å²) in [6.45, 7) is 6.37. The summed E-state index contributed by atoms with van der Waals surface area (Å²) in [4.78, 5) is 10.6. The van der Waals surface area contributed by atoms with Crippen molar-refractivity contribution in [3.8, 4) is 5.88 Å². The number of rotatable bonds is 14. The van der Waals surface area contributed by atoms with Gasteiger partial charge in [-0.2, -0.15) is 18.3 Å². The minimum absolute atomic E-state index is 0.0519. The van der Waals surface area contributed by atoms with Crippen LogP contribution in [0.15, 0.2) is 54.1 Å². The van der Waals surface area contributed by atoms with Crippen molar-refractivity contribution in [2.75, 3.05) is 32.8 Å². The lowest BCUT2D eigenvalue weighted by atomic mass is 9.71. The van der Waals surface area contributed by atoms with E-state index in [9.17, 15) is 13.2 Å². The Kier molecular flexibility index (Phi) is 8.33. The lowest BCUT2D eigenvalue weighted by Gasteiger charge is -2.51. The van der Waals surface area contributed by atoms with E-state index in [1.165, 1.54) is 11.6 Å². The van der Waals surface area contributed by atoms with Gasteiger partial charge in [0, 0.05) is 73.5 Å². The summed E-state index contributed by atoms with van der Waals surface area (Å²) in [5.74, 6) is 1.69. The van der Waals surface area contributed by atoms with Gasteiger partial charge in [0.05, 0.1) is 24.4 Å². The van der Waals surface area contributed by atoms with Crippen LogP contribution in [-0.2, 0) is 23.7 Å². The van der Waals surface area contributed by atoms with Crippen LogP contribution in [0, 0.1) is 11.8 Å². The number of aliphatic hydroxyl groups excluding tert-OH is 1. The maximum Gasteiger partial charge on any atom is 0.433 e. The molecule has 2 saturated carbocycles. The first-order chi connectivity index (χ1) is 21.1. The summed E-state index contributed by atoms with van der Waals surface area (Å²) in [6.07, 6.45) is 9.90. The number of aromatic nitrogens is 3. The number of fused-ring (bicyclic) bond motifs is 1. The number of ether oxygens (including phenoxy) is 1. The molecule has 2 aliphatic carbocycles. The van der Waals surface area contributed by atoms with Crippen LogP contribution in [0.3, 0.4) is 0 Å². The summed E-state index contributed by atoms with van der Waals surface area (Å²) < 4.78 is 48.4. The van der Waals surface area contributed by atoms with Crippen molar-refractivity contribution in [3.05, 3.63) is 65.9 Å². The van der Waals surface area contributed by atoms with Crippen molar-refractivity contribution in [2.45, 2.75) is 68.9 Å². The van der Waals surface area contributed by atoms with Gasteiger partial charge in [-0.25, -0.2) is 9.98 Å². The molecule has 2 aromatic heterocycles. The van der Waals surface area contributed by atoms with Crippen LogP contribution in [0.5, 0.6) is 5.88 Å². The van der Waals surface area contributed by atoms with Gasteiger partial charge in [0.25, 0.3) is 0 Å². The molecule has 13 heteroatoms. The van der Waals surface area contributed by atoms with E-state index in [2.05, 4.69) is 55.5 Å². The van der Waals surface area contributed by atoms with E-state index in [0.717, 1.165) is 37.8 Å². The van der Waals surface area contributed by atoms with E-state index in [1.54, 1.807) is 0 Å². The molecule has 4 heterocycles. The standard InChI is InChI=1S/C31H41F3N8O2/c1-3-41(10-5-20(2)44-26-13-21(16-36-9-11-43)12-25(40-26)31(32,33)34)23-14-29(15-23,19-35)42-18-22(17-39-42)30-6-8-38-28-27(30)24(30)4-7-37-28/h4,6-8,12-13,17-18,20,23-24,27,36,43H,3,5,9-11,14-16,19,35H2,1-2H3,(H,37,38). The molecule has 0 radical (unpaired) electrons. The number of halogens is 3. The number of nitrogens with two attached hydrogens (primary N) is 1. The summed E-state index contributed by atoms with van der Waals surface area (Å²) in [6, 6.07) is 2.85. The third-order valence-corrected chi connectivity index (χ3v) is 9.72. The molecule has 4 atom stereocenters. The highest BCUT2D eigenvalue weighted by molar-refractivity contribution is 5.95. The van der Waals surface area contributed by atoms with Crippen molar-refractivity contribution < 1.29 is 23.0 Å². The molecular weight excluding hydrogens is 573 g/mol. The molecule has 2 aromatic rings. The molecular formula is C31H41F3N8O2. The lowest BCUT2D eigenvalue weighted by molar-refractivity contribution is -0.141. The van der Waals surface area contributed by atoms with E-state index in [0.29, 0.717) is 36.4 Å². The smallest absolute Gasteiger partial charge is 0.433 e. The van der Waals surface area contributed by atoms with Gasteiger partial charge in [0.1, 0.15) is 11.5 Å². The fourth-order valence-electron chi connectivity index (χ4n) is 7.19. The second-order valence-corrected chi connectivity index (χ2v) is 12.4. The molecule has 0 spiro atoms. The molecule has 44 heavy (non-hydrogen) atoms. The Hall–Kier alpha value is -3.26. The summed E-state index contributed by atoms with van der Waals surface area (Å²) in [5, 5.41) is 20.0. The van der Waals surface area contributed by atoms with E-state index < -0.39 is 11.9 Å². The number of hydrogen-bond donors (Lipinski definition) is 4. The number of amidine groups is 1. The Morgan fingerprint density at radius 3 is 2.86 bits per heavy atom. The van der Waals surface area contributed by atoms with Gasteiger partial charge in [-0.05, 0) is 50.6 Å². The van der Waals surface area contributed by atoms with E-state index in [1.807, 2.05) is 25.5 Å². The van der Waals surface area contributed by atoms with Gasteiger partial charge in [-0.15, -0.1) is 0 Å². The predicted molar refractivity (Wildman–Crippen MR) is 160 cm³/mol. The average molecular weight is 615 g/mol. The fraction of sp³-hybridized carbons (Fsp3) is 0.581. The van der Waals surface area contributed by atoms with Gasteiger partial charge in [-0.3, -0.25) is 4.68 Å². The van der Waals surface area contributed by atoms with Gasteiger partial charge < -0.3 is 31.1 Å². The Morgan fingerprint density at radius 1 is 1.32 bits per heavy atom. The molecule has 6 rings (SSSR count). The van der Waals surface area contributed by atoms with Crippen LogP contribution in [-0.4, -0.2) is 75.5 Å². The summed E-state index contributed by atoms with van der Waals surface area (Å²) in [7, 11) is 0. The first kappa shape index (κ1) is 30.8. The second-order valence-electron chi connectivity index (χ2n) is 12.4. The van der Waals surface area contributed by atoms with Crippen LogP contribution >= 0.6 is 0 Å². The van der Waals surface area contributed by atoms with Crippen LogP contribution in [0.25, 0.3) is 0 Å². The number of aliphatic imine (C=N–C) groups is 1. The van der Waals surface area contributed by atoms with Gasteiger partial charge in [-0.1, -0.05) is 19.1 Å². The number of nitrogens with zero attached hydrogens (tertiary/aromatic N) is 5. The normalized spacial score (nSPS) is 29.1. The minimum Gasteiger partial charge on any atom is -0.475 e. The number of nitrogens with one attached hydrogen (secondary N) is 2. The lowest BCUT2D eigenvalue weighted by Crippen LogP contribution is -2.60. The maximum atomic E-state index is 13.5. The predicted octanol–water partition coefficient (Wildman–Crippen LogP) is 2.90. The number of pyridine rings is 1. The van der Waals surface area contributed by atoms with Crippen molar-refractivity contribution in [2.24, 2.45) is 22.6 Å². The molecule has 0 aromatic carbocycles. The second kappa shape index (κ2) is 11.9. The van der Waals surface area contributed by atoms with E-state index >= 15 is 0 Å². The molecule has 2 aliphatic heterocycles. The van der Waals surface area contributed by atoms with Crippen LogP contribution in [0.2, 0.25) is 0 Å². The minimum atomic E-state index is -4.59. The zero-order valence-electron chi connectivity index (χ0n) is 25.1. The molecule has 238 valence electrons. The van der Waals surface area contributed by atoms with Crippen molar-refractivity contribution in [3.63, 3.8) is 0 Å². The highest BCUT2D eigenvalue weighted by atomic mass is 19.4. The Balaban J connectivity index is 1.06. The zero-order valence-corrected chi connectivity index (χ0v) is 25.1. The third-order valence-electron chi connectivity index (χ3n) is 9.72. The molecule has 5 N–H and O–H groups in total. The number of aliphatic hydroxyl groups is 1. The molecule has 0 amide bonds. The van der Waals surface area contributed by atoms with Gasteiger partial charge >= 0.3 is 6.18 Å². The Labute approximate surface area is 255 Å². The van der Waals surface area contributed by atoms with Crippen molar-refractivity contribution >= 4 is 5.84 Å². The molecule has 4 unspecified atom stereocenters. The van der Waals surface area contributed by atoms with Gasteiger partial charge in [0.2, 0.25) is 5.88 Å². The Bertz CT molecular complexity index is 1430. The molecule has 2 fully saturated rings. The van der Waals surface area contributed by atoms with E-state index in [4.69, 9.17) is 20.7 Å². The van der Waals surface area contributed by atoms with Gasteiger partial charge in [0.15, 0.2) is 0 Å². The summed E-state index contributed by atoms with van der Waals surface area (Å²) in [5.41, 5.74) is 6.62. The average Bonchev–Trinajstić information content (AvgIpc) is 3.38. The fourth-order valence-corrected chi connectivity index (χ4v) is 7.19. The topological polar surface area (TPSA) is 126 Å². The SMILES string of the molecule is CCN(CCC(C)Oc1cc(CNCCO)cc(C(F)(F)F)n1)C1CC(CN)(n2cc(C34C=CNC5=NC=CC3C54)cn2)C1. The quantitative estimate of drug-likeness (QED) is 0.240. The summed E-state index contributed by atoms with van der Waals surface area (Å²) >= 11 is 0. The number of alkyl halides is 3. The molecule has 10 nitrogen and oxygen atoms in total. The first-order valence-electron chi connectivity index (χ1n) is 15.4. The van der Waals surface area contributed by atoms with Crippen LogP contribution in [0.4, 0.5) is 13.2 Å². The monoisotopic (exact) mass is 614 g/mol. The third kappa shape index (κ3) is 5.55. The van der Waals surface area contributed by atoms with Crippen LogP contribution in [0.1, 0.15) is 49.9 Å². The maximum absolute atomic E-state index is 13.5. The van der Waals surface area contributed by atoms with Crippen molar-refractivity contribution in [1.29, 1.82) is 0 Å². The highest BCUT2D eigenvalue weighted by Crippen LogP contribution is 2.64. The molecule has 0 saturated heterocycles.